The number of rotatable bonds is 4. The van der Waals surface area contributed by atoms with E-state index in [4.69, 9.17) is 5.73 Å². The Morgan fingerprint density at radius 2 is 1.56 bits per heavy atom. The van der Waals surface area contributed by atoms with Crippen LogP contribution in [0.3, 0.4) is 0 Å². The summed E-state index contributed by atoms with van der Waals surface area (Å²) in [7, 11) is -3.03. The largest absolute Gasteiger partial charge is 0.347 e. The van der Waals surface area contributed by atoms with E-state index in [-0.39, 0.29) is 23.6 Å². The van der Waals surface area contributed by atoms with E-state index in [1.54, 1.807) is 0 Å². The van der Waals surface area contributed by atoms with Gasteiger partial charge in [0.15, 0.2) is 9.84 Å². The third-order valence-electron chi connectivity index (χ3n) is 5.07. The minimum atomic E-state index is -3.03. The topological polar surface area (TPSA) is 66.4 Å². The van der Waals surface area contributed by atoms with E-state index >= 15 is 0 Å². The summed E-state index contributed by atoms with van der Waals surface area (Å²) in [5, 5.41) is 0. The van der Waals surface area contributed by atoms with Gasteiger partial charge in [0.05, 0.1) is 24.6 Å². The number of nitrogens with two attached hydrogens (primary N) is 1. The van der Waals surface area contributed by atoms with E-state index in [0.29, 0.717) is 19.0 Å². The summed E-state index contributed by atoms with van der Waals surface area (Å²) < 4.78 is 26.5. The van der Waals surface area contributed by atoms with Crippen LogP contribution in [0.1, 0.15) is 11.1 Å². The molecule has 2 heterocycles. The van der Waals surface area contributed by atoms with Crippen LogP contribution in [0.25, 0.3) is 0 Å². The van der Waals surface area contributed by atoms with Crippen molar-refractivity contribution in [3.8, 4) is 0 Å². The molecule has 0 aromatic heterocycles. The fourth-order valence-corrected chi connectivity index (χ4v) is 5.85. The van der Waals surface area contributed by atoms with E-state index in [9.17, 15) is 8.42 Å². The SMILES string of the molecule is NC1=[N+](Cc2ccccc2)[C@@H]2CS(=O)(=O)C[C@H]2N1Cc1ccccc1. The minimum absolute atomic E-state index is 0.0751. The van der Waals surface area contributed by atoms with Crippen LogP contribution in [0.2, 0.25) is 0 Å². The molecule has 0 unspecified atom stereocenters. The molecule has 2 aromatic carbocycles. The number of nitrogens with zero attached hydrogens (tertiary/aromatic N) is 2. The molecule has 1 fully saturated rings. The van der Waals surface area contributed by atoms with E-state index in [1.165, 1.54) is 0 Å². The Labute approximate surface area is 148 Å². The molecule has 0 spiro atoms. The quantitative estimate of drug-likeness (QED) is 0.836. The van der Waals surface area contributed by atoms with Crippen LogP contribution in [0.4, 0.5) is 0 Å². The van der Waals surface area contributed by atoms with Gasteiger partial charge in [-0.2, -0.15) is 0 Å². The molecule has 2 N–H and O–H groups in total. The Balaban J connectivity index is 1.67. The number of hydrogen-bond acceptors (Lipinski definition) is 4. The van der Waals surface area contributed by atoms with Gasteiger partial charge in [-0.05, 0) is 11.1 Å². The third kappa shape index (κ3) is 3.14. The molecule has 5 nitrogen and oxygen atoms in total. The van der Waals surface area contributed by atoms with Crippen molar-refractivity contribution in [2.75, 3.05) is 11.5 Å². The van der Waals surface area contributed by atoms with E-state index in [2.05, 4.69) is 9.48 Å². The average Bonchev–Trinajstić information content (AvgIpc) is 3.03. The van der Waals surface area contributed by atoms with Crippen LogP contribution in [-0.4, -0.2) is 47.4 Å². The smallest absolute Gasteiger partial charge is 0.291 e. The van der Waals surface area contributed by atoms with Gasteiger partial charge in [0, 0.05) is 0 Å². The lowest BCUT2D eigenvalue weighted by Crippen LogP contribution is -2.42. The summed E-state index contributed by atoms with van der Waals surface area (Å²) >= 11 is 0. The maximum absolute atomic E-state index is 12.2. The molecule has 25 heavy (non-hydrogen) atoms. The number of sulfone groups is 1. The lowest BCUT2D eigenvalue weighted by molar-refractivity contribution is -0.569. The predicted molar refractivity (Wildman–Crippen MR) is 97.8 cm³/mol. The highest BCUT2D eigenvalue weighted by Gasteiger charge is 2.53. The molecular formula is C19H22N3O2S+. The van der Waals surface area contributed by atoms with Crippen molar-refractivity contribution < 1.29 is 13.0 Å². The van der Waals surface area contributed by atoms with Gasteiger partial charge in [0.25, 0.3) is 0 Å². The van der Waals surface area contributed by atoms with Crippen LogP contribution >= 0.6 is 0 Å². The maximum atomic E-state index is 12.2. The van der Waals surface area contributed by atoms with Crippen LogP contribution < -0.4 is 5.73 Å². The molecular weight excluding hydrogens is 334 g/mol. The average molecular weight is 356 g/mol. The molecule has 6 heteroatoms. The van der Waals surface area contributed by atoms with Crippen molar-refractivity contribution >= 4 is 15.8 Å². The Bertz CT molecular complexity index is 895. The lowest BCUT2D eigenvalue weighted by atomic mass is 10.1. The molecule has 1 saturated heterocycles. The Morgan fingerprint density at radius 1 is 0.960 bits per heavy atom. The number of benzene rings is 2. The van der Waals surface area contributed by atoms with Gasteiger partial charge in [-0.15, -0.1) is 0 Å². The van der Waals surface area contributed by atoms with Crippen molar-refractivity contribution in [2.24, 2.45) is 5.73 Å². The summed E-state index contributed by atoms with van der Waals surface area (Å²) in [4.78, 5) is 2.06. The molecule has 2 aliphatic heterocycles. The highest BCUT2D eigenvalue weighted by Crippen LogP contribution is 2.28. The fraction of sp³-hybridized carbons (Fsp3) is 0.316. The van der Waals surface area contributed by atoms with E-state index < -0.39 is 9.84 Å². The molecule has 130 valence electrons. The zero-order valence-electron chi connectivity index (χ0n) is 14.0. The summed E-state index contributed by atoms with van der Waals surface area (Å²) in [5.74, 6) is 1.03. The maximum Gasteiger partial charge on any atom is 0.347 e. The second kappa shape index (κ2) is 6.19. The number of fused-ring (bicyclic) bond motifs is 1. The van der Waals surface area contributed by atoms with Crippen molar-refractivity contribution in [1.82, 2.24) is 4.90 Å². The Kier molecular flexibility index (Phi) is 4.00. The van der Waals surface area contributed by atoms with Crippen LogP contribution in [0.15, 0.2) is 60.7 Å². The first-order chi connectivity index (χ1) is 12.0. The van der Waals surface area contributed by atoms with Crippen molar-refractivity contribution in [3.05, 3.63) is 71.8 Å². The summed E-state index contributed by atoms with van der Waals surface area (Å²) in [5.41, 5.74) is 8.74. The predicted octanol–water partition coefficient (Wildman–Crippen LogP) is 1.20. The monoisotopic (exact) mass is 356 g/mol. The van der Waals surface area contributed by atoms with E-state index in [0.717, 1.165) is 11.1 Å². The van der Waals surface area contributed by atoms with Gasteiger partial charge in [-0.1, -0.05) is 60.7 Å². The second-order valence-corrected chi connectivity index (χ2v) is 8.95. The standard InChI is InChI=1S/C19H21N3O2S/c20-19-21(11-15-7-3-1-4-8-15)17-13-25(23,24)14-18(17)22(19)12-16-9-5-2-6-10-16/h1-10,17-18,20H,11-14H2/p+1/t17-,18-/m1/s1. The second-order valence-electron chi connectivity index (χ2n) is 6.80. The molecule has 4 rings (SSSR count). The third-order valence-corrected chi connectivity index (χ3v) is 6.77. The van der Waals surface area contributed by atoms with Gasteiger partial charge in [0.1, 0.15) is 12.1 Å². The minimum Gasteiger partial charge on any atom is -0.291 e. The van der Waals surface area contributed by atoms with Crippen molar-refractivity contribution in [2.45, 2.75) is 25.2 Å². The van der Waals surface area contributed by atoms with Crippen molar-refractivity contribution in [1.29, 1.82) is 0 Å². The van der Waals surface area contributed by atoms with Crippen LogP contribution in [-0.2, 0) is 22.9 Å². The first kappa shape index (κ1) is 16.1. The van der Waals surface area contributed by atoms with Gasteiger partial charge in [-0.25, -0.2) is 8.42 Å². The molecule has 0 amide bonds. The Morgan fingerprint density at radius 3 is 2.20 bits per heavy atom. The van der Waals surface area contributed by atoms with E-state index in [1.807, 2.05) is 60.7 Å². The summed E-state index contributed by atoms with van der Waals surface area (Å²) in [6.45, 7) is 1.27. The zero-order valence-corrected chi connectivity index (χ0v) is 14.8. The number of guanidine groups is 1. The zero-order chi connectivity index (χ0) is 17.4. The molecule has 0 saturated carbocycles. The molecule has 2 aromatic rings. The lowest BCUT2D eigenvalue weighted by Gasteiger charge is -2.18. The highest BCUT2D eigenvalue weighted by molar-refractivity contribution is 7.91. The molecule has 0 aliphatic carbocycles. The number of hydrogen-bond donors (Lipinski definition) is 1. The first-order valence-electron chi connectivity index (χ1n) is 8.47. The van der Waals surface area contributed by atoms with Crippen LogP contribution in [0, 0.1) is 0 Å². The summed E-state index contributed by atoms with van der Waals surface area (Å²) in [6.07, 6.45) is 0. The molecule has 2 aliphatic rings. The Hall–Kier alpha value is -2.34. The van der Waals surface area contributed by atoms with Crippen molar-refractivity contribution in [3.63, 3.8) is 0 Å². The van der Waals surface area contributed by atoms with Crippen LogP contribution in [0.5, 0.6) is 0 Å². The van der Waals surface area contributed by atoms with Gasteiger partial charge < -0.3 is 0 Å². The van der Waals surface area contributed by atoms with Gasteiger partial charge >= 0.3 is 5.96 Å². The first-order valence-corrected chi connectivity index (χ1v) is 10.3. The molecule has 0 bridgehead atoms. The highest BCUT2D eigenvalue weighted by atomic mass is 32.2. The molecule has 0 radical (unpaired) electrons. The van der Waals surface area contributed by atoms with Gasteiger partial charge in [-0.3, -0.25) is 15.2 Å². The fourth-order valence-electron chi connectivity index (χ4n) is 3.87. The summed E-state index contributed by atoms with van der Waals surface area (Å²) in [6, 6.07) is 20.0. The molecule has 2 atom stereocenters. The normalized spacial score (nSPS) is 24.6. The van der Waals surface area contributed by atoms with Gasteiger partial charge in [0.2, 0.25) is 0 Å².